The number of H-pyrrole nitrogens is 1. The van der Waals surface area contributed by atoms with Gasteiger partial charge in [0, 0.05) is 30.8 Å². The van der Waals surface area contributed by atoms with Crippen LogP contribution in [0.4, 0.5) is 0 Å². The van der Waals surface area contributed by atoms with E-state index in [0.717, 1.165) is 23.4 Å². The second-order valence-corrected chi connectivity index (χ2v) is 6.12. The number of fused-ring (bicyclic) bond motifs is 1. The molecule has 2 saturated heterocycles. The van der Waals surface area contributed by atoms with E-state index in [2.05, 4.69) is 15.5 Å². The van der Waals surface area contributed by atoms with Crippen molar-refractivity contribution < 1.29 is 9.53 Å². The van der Waals surface area contributed by atoms with Crippen LogP contribution < -0.4 is 5.32 Å². The quantitative estimate of drug-likeness (QED) is 0.874. The van der Waals surface area contributed by atoms with Crippen LogP contribution in [0.25, 0.3) is 11.3 Å². The molecule has 2 aliphatic rings. The predicted molar refractivity (Wildman–Crippen MR) is 86.2 cm³/mol. The van der Waals surface area contributed by atoms with Crippen molar-refractivity contribution in [3.05, 3.63) is 41.6 Å². The normalized spacial score (nSPS) is 23.8. The molecular formula is C17H20N4O2. The summed E-state index contributed by atoms with van der Waals surface area (Å²) in [6.07, 6.45) is 0.101. The fraction of sp³-hybridized carbons (Fsp3) is 0.412. The number of carbonyl (C=O) groups is 1. The van der Waals surface area contributed by atoms with E-state index in [1.54, 1.807) is 0 Å². The first-order valence-corrected chi connectivity index (χ1v) is 7.98. The highest BCUT2D eigenvalue weighted by Crippen LogP contribution is 2.25. The molecule has 6 heteroatoms. The number of benzene rings is 1. The SMILES string of the molecule is Cc1c(-c2ccccc2)n[nH]c1C(=O)N1CC2NCCOC2C1. The third-order valence-electron chi connectivity index (χ3n) is 4.66. The minimum atomic E-state index is -0.00280. The molecule has 3 heterocycles. The molecule has 120 valence electrons. The molecule has 1 amide bonds. The van der Waals surface area contributed by atoms with E-state index in [1.165, 1.54) is 0 Å². The van der Waals surface area contributed by atoms with Gasteiger partial charge in [0.25, 0.3) is 5.91 Å². The molecule has 2 unspecified atom stereocenters. The Morgan fingerprint density at radius 2 is 2.13 bits per heavy atom. The molecule has 2 aliphatic heterocycles. The molecule has 2 atom stereocenters. The molecule has 0 spiro atoms. The van der Waals surface area contributed by atoms with Crippen molar-refractivity contribution in [2.45, 2.75) is 19.1 Å². The number of hydrogen-bond acceptors (Lipinski definition) is 4. The lowest BCUT2D eigenvalue weighted by Crippen LogP contribution is -2.47. The first-order valence-electron chi connectivity index (χ1n) is 7.98. The van der Waals surface area contributed by atoms with Gasteiger partial charge in [-0.25, -0.2) is 0 Å². The van der Waals surface area contributed by atoms with Crippen LogP contribution in [0.5, 0.6) is 0 Å². The van der Waals surface area contributed by atoms with Gasteiger partial charge in [-0.05, 0) is 6.92 Å². The van der Waals surface area contributed by atoms with Crippen LogP contribution in [-0.4, -0.2) is 59.4 Å². The van der Waals surface area contributed by atoms with Gasteiger partial charge in [-0.1, -0.05) is 30.3 Å². The number of morpholine rings is 1. The lowest BCUT2D eigenvalue weighted by atomic mass is 10.1. The van der Waals surface area contributed by atoms with Gasteiger partial charge < -0.3 is 15.0 Å². The second kappa shape index (κ2) is 5.79. The standard InChI is InChI=1S/C17H20N4O2/c1-11-15(12-5-3-2-4-6-12)19-20-16(11)17(22)21-9-13-14(10-21)23-8-7-18-13/h2-6,13-14,18H,7-10H2,1H3,(H,19,20). The Balaban J connectivity index is 1.57. The topological polar surface area (TPSA) is 70.2 Å². The number of nitrogens with zero attached hydrogens (tertiary/aromatic N) is 2. The molecule has 2 aromatic rings. The second-order valence-electron chi connectivity index (χ2n) is 6.12. The van der Waals surface area contributed by atoms with Gasteiger partial charge in [0.15, 0.2) is 0 Å². The number of amides is 1. The van der Waals surface area contributed by atoms with E-state index in [9.17, 15) is 4.79 Å². The zero-order valence-corrected chi connectivity index (χ0v) is 13.1. The molecule has 6 nitrogen and oxygen atoms in total. The van der Waals surface area contributed by atoms with Crippen molar-refractivity contribution in [2.24, 2.45) is 0 Å². The van der Waals surface area contributed by atoms with E-state index < -0.39 is 0 Å². The highest BCUT2D eigenvalue weighted by atomic mass is 16.5. The maximum atomic E-state index is 12.8. The number of nitrogens with one attached hydrogen (secondary N) is 2. The van der Waals surface area contributed by atoms with Gasteiger partial charge in [-0.2, -0.15) is 5.10 Å². The van der Waals surface area contributed by atoms with Crippen molar-refractivity contribution in [3.63, 3.8) is 0 Å². The van der Waals surface area contributed by atoms with Gasteiger partial charge in [-0.3, -0.25) is 9.89 Å². The molecule has 0 bridgehead atoms. The summed E-state index contributed by atoms with van der Waals surface area (Å²) in [5.41, 5.74) is 3.31. The van der Waals surface area contributed by atoms with Crippen LogP contribution in [-0.2, 0) is 4.74 Å². The zero-order chi connectivity index (χ0) is 15.8. The fourth-order valence-corrected chi connectivity index (χ4v) is 3.40. The van der Waals surface area contributed by atoms with Crippen LogP contribution >= 0.6 is 0 Å². The maximum absolute atomic E-state index is 12.8. The highest BCUT2D eigenvalue weighted by molar-refractivity contribution is 5.95. The number of ether oxygens (including phenoxy) is 1. The average Bonchev–Trinajstić information content (AvgIpc) is 3.18. The lowest BCUT2D eigenvalue weighted by molar-refractivity contribution is 0.0176. The molecular weight excluding hydrogens is 292 g/mol. The average molecular weight is 312 g/mol. The Kier molecular flexibility index (Phi) is 3.63. The van der Waals surface area contributed by atoms with Crippen molar-refractivity contribution in [1.82, 2.24) is 20.4 Å². The third-order valence-corrected chi connectivity index (χ3v) is 4.66. The van der Waals surface area contributed by atoms with Crippen molar-refractivity contribution >= 4 is 5.91 Å². The summed E-state index contributed by atoms with van der Waals surface area (Å²) in [7, 11) is 0. The minimum absolute atomic E-state index is 0.00280. The van der Waals surface area contributed by atoms with Crippen molar-refractivity contribution in [3.8, 4) is 11.3 Å². The van der Waals surface area contributed by atoms with E-state index in [4.69, 9.17) is 4.74 Å². The van der Waals surface area contributed by atoms with E-state index in [-0.39, 0.29) is 18.1 Å². The molecule has 2 N–H and O–H groups in total. The van der Waals surface area contributed by atoms with Crippen LogP contribution in [0.2, 0.25) is 0 Å². The third kappa shape index (κ3) is 2.54. The molecule has 1 aromatic carbocycles. The van der Waals surface area contributed by atoms with E-state index in [0.29, 0.717) is 25.4 Å². The smallest absolute Gasteiger partial charge is 0.272 e. The summed E-state index contributed by atoms with van der Waals surface area (Å²) in [5.74, 6) is -0.00280. The van der Waals surface area contributed by atoms with Crippen molar-refractivity contribution in [1.29, 1.82) is 0 Å². The number of likely N-dealkylation sites (tertiary alicyclic amines) is 1. The predicted octanol–water partition coefficient (Wildman–Crippen LogP) is 1.20. The minimum Gasteiger partial charge on any atom is -0.373 e. The Morgan fingerprint density at radius 1 is 1.30 bits per heavy atom. The Bertz CT molecular complexity index is 699. The Hall–Kier alpha value is -2.18. The maximum Gasteiger partial charge on any atom is 0.272 e. The molecule has 1 aromatic heterocycles. The van der Waals surface area contributed by atoms with Gasteiger partial charge in [0.2, 0.25) is 0 Å². The summed E-state index contributed by atoms with van der Waals surface area (Å²) in [5, 5.41) is 10.7. The van der Waals surface area contributed by atoms with Crippen LogP contribution in [0, 0.1) is 6.92 Å². The Labute approximate surface area is 134 Å². The fourth-order valence-electron chi connectivity index (χ4n) is 3.40. The molecule has 4 rings (SSSR count). The van der Waals surface area contributed by atoms with E-state index in [1.807, 2.05) is 42.2 Å². The van der Waals surface area contributed by atoms with Crippen molar-refractivity contribution in [2.75, 3.05) is 26.2 Å². The first kappa shape index (κ1) is 14.4. The Morgan fingerprint density at radius 3 is 2.91 bits per heavy atom. The van der Waals surface area contributed by atoms with E-state index >= 15 is 0 Å². The largest absolute Gasteiger partial charge is 0.373 e. The summed E-state index contributed by atoms with van der Waals surface area (Å²) >= 11 is 0. The summed E-state index contributed by atoms with van der Waals surface area (Å²) in [6.45, 7) is 4.82. The molecule has 2 fully saturated rings. The molecule has 0 aliphatic carbocycles. The molecule has 23 heavy (non-hydrogen) atoms. The number of aromatic nitrogens is 2. The number of rotatable bonds is 2. The monoisotopic (exact) mass is 312 g/mol. The first-order chi connectivity index (χ1) is 11.2. The van der Waals surface area contributed by atoms with Crippen LogP contribution in [0.1, 0.15) is 16.1 Å². The van der Waals surface area contributed by atoms with Gasteiger partial charge >= 0.3 is 0 Å². The van der Waals surface area contributed by atoms with Gasteiger partial charge in [0.05, 0.1) is 24.4 Å². The summed E-state index contributed by atoms with van der Waals surface area (Å²) in [6, 6.07) is 10.2. The van der Waals surface area contributed by atoms with Gasteiger partial charge in [0.1, 0.15) is 5.69 Å². The number of carbonyl (C=O) groups excluding carboxylic acids is 1. The zero-order valence-electron chi connectivity index (χ0n) is 13.1. The highest BCUT2D eigenvalue weighted by Gasteiger charge is 2.38. The number of aromatic amines is 1. The lowest BCUT2D eigenvalue weighted by Gasteiger charge is -2.25. The van der Waals surface area contributed by atoms with Crippen LogP contribution in [0.3, 0.4) is 0 Å². The number of hydrogen-bond donors (Lipinski definition) is 2. The summed E-state index contributed by atoms with van der Waals surface area (Å²) < 4.78 is 5.74. The molecule has 0 radical (unpaired) electrons. The van der Waals surface area contributed by atoms with Gasteiger partial charge in [-0.15, -0.1) is 0 Å². The summed E-state index contributed by atoms with van der Waals surface area (Å²) in [4.78, 5) is 14.7. The molecule has 0 saturated carbocycles. The van der Waals surface area contributed by atoms with Crippen LogP contribution in [0.15, 0.2) is 30.3 Å².